The molecule has 0 spiro atoms. The topological polar surface area (TPSA) is 37.3 Å². The molecule has 0 aromatic carbocycles. The van der Waals surface area contributed by atoms with Crippen LogP contribution in [0.15, 0.2) is 24.3 Å². The van der Waals surface area contributed by atoms with Gasteiger partial charge in [0.25, 0.3) is 0 Å². The van der Waals surface area contributed by atoms with Gasteiger partial charge in [0.1, 0.15) is 11.9 Å². The molecular formula is C16H20O2. The molecule has 96 valence electrons. The number of terminal acetylenes is 1. The van der Waals surface area contributed by atoms with E-state index < -0.39 is 6.10 Å². The number of rotatable bonds is 7. The second-order valence-corrected chi connectivity index (χ2v) is 3.93. The lowest BCUT2D eigenvalue weighted by Crippen LogP contribution is -2.03. The predicted molar refractivity (Wildman–Crippen MR) is 74.7 cm³/mol. The molecule has 0 aliphatic heterocycles. The first-order valence-corrected chi connectivity index (χ1v) is 6.10. The third kappa shape index (κ3) is 12.3. The number of unbranched alkanes of at least 4 members (excludes halogenated alkanes) is 1. The van der Waals surface area contributed by atoms with Crippen molar-refractivity contribution in [3.05, 3.63) is 24.3 Å². The maximum atomic E-state index is 10.7. The van der Waals surface area contributed by atoms with Crippen LogP contribution in [0, 0.1) is 24.2 Å². The standard InChI is InChI=1S/C16H20O2/c1-3-4-5-6-7-8-9-10-13-16(18)14-11-12-15(2)17/h1,6-9,16,18H,4-5,11-12,14H2,2H3. The Bertz CT molecular complexity index is 386. The van der Waals surface area contributed by atoms with E-state index in [4.69, 9.17) is 6.42 Å². The fourth-order valence-corrected chi connectivity index (χ4v) is 1.21. The third-order valence-corrected chi connectivity index (χ3v) is 2.14. The molecule has 0 fully saturated rings. The summed E-state index contributed by atoms with van der Waals surface area (Å²) < 4.78 is 0. The molecule has 1 atom stereocenters. The van der Waals surface area contributed by atoms with Crippen molar-refractivity contribution < 1.29 is 9.90 Å². The first kappa shape index (κ1) is 16.2. The first-order chi connectivity index (χ1) is 8.66. The van der Waals surface area contributed by atoms with Crippen molar-refractivity contribution in [2.24, 2.45) is 0 Å². The van der Waals surface area contributed by atoms with Gasteiger partial charge in [-0.05, 0) is 32.3 Å². The molecule has 1 unspecified atom stereocenters. The number of ketones is 1. The average molecular weight is 244 g/mol. The Hall–Kier alpha value is -1.77. The monoisotopic (exact) mass is 244 g/mol. The predicted octanol–water partition coefficient (Wildman–Crippen LogP) is 2.64. The van der Waals surface area contributed by atoms with E-state index in [0.717, 1.165) is 12.8 Å². The largest absolute Gasteiger partial charge is 0.380 e. The molecule has 0 saturated heterocycles. The maximum absolute atomic E-state index is 10.7. The Balaban J connectivity index is 3.75. The minimum Gasteiger partial charge on any atom is -0.380 e. The normalized spacial score (nSPS) is 12.1. The van der Waals surface area contributed by atoms with Crippen molar-refractivity contribution in [1.82, 2.24) is 0 Å². The third-order valence-electron chi connectivity index (χ3n) is 2.14. The van der Waals surface area contributed by atoms with Crippen LogP contribution in [0.2, 0.25) is 0 Å². The fraction of sp³-hybridized carbons (Fsp3) is 0.438. The number of allylic oxidation sites excluding steroid dienone is 4. The molecule has 0 heterocycles. The molecule has 0 saturated carbocycles. The van der Waals surface area contributed by atoms with Crippen molar-refractivity contribution in [3.8, 4) is 24.2 Å². The van der Waals surface area contributed by atoms with E-state index in [1.54, 1.807) is 13.0 Å². The van der Waals surface area contributed by atoms with E-state index in [1.165, 1.54) is 0 Å². The van der Waals surface area contributed by atoms with Crippen LogP contribution in [0.5, 0.6) is 0 Å². The summed E-state index contributed by atoms with van der Waals surface area (Å²) in [7, 11) is 0. The summed E-state index contributed by atoms with van der Waals surface area (Å²) in [6, 6.07) is 0. The van der Waals surface area contributed by atoms with Crippen molar-refractivity contribution in [2.75, 3.05) is 0 Å². The number of aliphatic hydroxyl groups excluding tert-OH is 1. The van der Waals surface area contributed by atoms with Crippen LogP contribution in [-0.2, 0) is 4.79 Å². The van der Waals surface area contributed by atoms with Gasteiger partial charge < -0.3 is 9.90 Å². The van der Waals surface area contributed by atoms with E-state index >= 15 is 0 Å². The van der Waals surface area contributed by atoms with Gasteiger partial charge >= 0.3 is 0 Å². The molecule has 2 heteroatoms. The van der Waals surface area contributed by atoms with Gasteiger partial charge in [-0.15, -0.1) is 12.3 Å². The summed E-state index contributed by atoms with van der Waals surface area (Å²) in [4.78, 5) is 10.7. The van der Waals surface area contributed by atoms with Crippen LogP contribution >= 0.6 is 0 Å². The van der Waals surface area contributed by atoms with Gasteiger partial charge in [-0.3, -0.25) is 0 Å². The number of hydrogen-bond acceptors (Lipinski definition) is 2. The van der Waals surface area contributed by atoms with Crippen LogP contribution in [0.25, 0.3) is 0 Å². The Labute approximate surface area is 110 Å². The van der Waals surface area contributed by atoms with Crippen molar-refractivity contribution >= 4 is 5.78 Å². The molecule has 0 bridgehead atoms. The second-order valence-electron chi connectivity index (χ2n) is 3.93. The van der Waals surface area contributed by atoms with Crippen LogP contribution in [0.1, 0.15) is 39.0 Å². The molecule has 18 heavy (non-hydrogen) atoms. The zero-order valence-corrected chi connectivity index (χ0v) is 10.9. The average Bonchev–Trinajstić information content (AvgIpc) is 2.32. The minimum absolute atomic E-state index is 0.146. The van der Waals surface area contributed by atoms with Gasteiger partial charge in [0, 0.05) is 12.8 Å². The lowest BCUT2D eigenvalue weighted by molar-refractivity contribution is -0.117. The Kier molecular flexibility index (Phi) is 10.6. The SMILES string of the molecule is C#CCCC=CC=CC#CC(O)CCCC(C)=O. The molecule has 1 N–H and O–H groups in total. The first-order valence-electron chi connectivity index (χ1n) is 6.10. The van der Waals surface area contributed by atoms with Crippen LogP contribution in [0.4, 0.5) is 0 Å². The van der Waals surface area contributed by atoms with Gasteiger partial charge in [-0.1, -0.05) is 30.1 Å². The summed E-state index contributed by atoms with van der Waals surface area (Å²) in [5.74, 6) is 8.15. The van der Waals surface area contributed by atoms with E-state index in [1.807, 2.05) is 18.2 Å². The van der Waals surface area contributed by atoms with Crippen LogP contribution in [-0.4, -0.2) is 17.0 Å². The van der Waals surface area contributed by atoms with Crippen molar-refractivity contribution in [2.45, 2.75) is 45.1 Å². The maximum Gasteiger partial charge on any atom is 0.129 e. The number of aliphatic hydroxyl groups is 1. The number of carbonyl (C=O) groups excluding carboxylic acids is 1. The highest BCUT2D eigenvalue weighted by Crippen LogP contribution is 2.00. The lowest BCUT2D eigenvalue weighted by Gasteiger charge is -2.00. The highest BCUT2D eigenvalue weighted by atomic mass is 16.3. The molecule has 2 nitrogen and oxygen atoms in total. The molecule has 0 aromatic heterocycles. The fourth-order valence-electron chi connectivity index (χ4n) is 1.21. The summed E-state index contributed by atoms with van der Waals surface area (Å²) in [6.45, 7) is 1.55. The van der Waals surface area contributed by atoms with E-state index in [9.17, 15) is 9.90 Å². The molecule has 0 radical (unpaired) electrons. The quantitative estimate of drug-likeness (QED) is 0.424. The molecular weight excluding hydrogens is 224 g/mol. The molecule has 0 rings (SSSR count). The molecule has 0 aliphatic rings. The van der Waals surface area contributed by atoms with E-state index in [-0.39, 0.29) is 5.78 Å². The van der Waals surface area contributed by atoms with Crippen molar-refractivity contribution in [1.29, 1.82) is 0 Å². The zero-order valence-electron chi connectivity index (χ0n) is 10.9. The second kappa shape index (κ2) is 11.7. The van der Waals surface area contributed by atoms with Gasteiger partial charge in [-0.2, -0.15) is 0 Å². The number of hydrogen-bond donors (Lipinski definition) is 1. The molecule has 0 amide bonds. The summed E-state index contributed by atoms with van der Waals surface area (Å²) in [5.41, 5.74) is 0. The summed E-state index contributed by atoms with van der Waals surface area (Å²) in [6.07, 6.45) is 15.1. The van der Waals surface area contributed by atoms with E-state index in [0.29, 0.717) is 19.3 Å². The number of Topliss-reactive ketones (excluding diaryl/α,β-unsaturated/α-hetero) is 1. The number of carbonyl (C=O) groups is 1. The molecule has 0 aliphatic carbocycles. The van der Waals surface area contributed by atoms with Gasteiger partial charge in [0.15, 0.2) is 0 Å². The van der Waals surface area contributed by atoms with Crippen LogP contribution < -0.4 is 0 Å². The molecule has 0 aromatic rings. The highest BCUT2D eigenvalue weighted by Gasteiger charge is 1.99. The van der Waals surface area contributed by atoms with E-state index in [2.05, 4.69) is 17.8 Å². The Morgan fingerprint density at radius 2 is 2.22 bits per heavy atom. The Morgan fingerprint density at radius 3 is 2.89 bits per heavy atom. The van der Waals surface area contributed by atoms with Gasteiger partial charge in [0.05, 0.1) is 0 Å². The highest BCUT2D eigenvalue weighted by molar-refractivity contribution is 5.75. The smallest absolute Gasteiger partial charge is 0.129 e. The van der Waals surface area contributed by atoms with Gasteiger partial charge in [0.2, 0.25) is 0 Å². The lowest BCUT2D eigenvalue weighted by atomic mass is 10.1. The minimum atomic E-state index is -0.653. The van der Waals surface area contributed by atoms with Crippen LogP contribution in [0.3, 0.4) is 0 Å². The summed E-state index contributed by atoms with van der Waals surface area (Å²) >= 11 is 0. The Morgan fingerprint density at radius 1 is 1.44 bits per heavy atom. The summed E-state index contributed by atoms with van der Waals surface area (Å²) in [5, 5.41) is 9.48. The van der Waals surface area contributed by atoms with Gasteiger partial charge in [-0.25, -0.2) is 0 Å². The zero-order chi connectivity index (χ0) is 13.6. The van der Waals surface area contributed by atoms with Crippen molar-refractivity contribution in [3.63, 3.8) is 0 Å².